The first-order valence-corrected chi connectivity index (χ1v) is 7.66. The first-order chi connectivity index (χ1) is 10.7. The minimum atomic E-state index is 0.453. The van der Waals surface area contributed by atoms with Crippen molar-refractivity contribution in [3.05, 3.63) is 47.9 Å². The molecule has 1 aliphatic heterocycles. The van der Waals surface area contributed by atoms with Gasteiger partial charge in [-0.2, -0.15) is 5.26 Å². The van der Waals surface area contributed by atoms with Crippen LogP contribution in [0.15, 0.2) is 36.7 Å². The Balaban J connectivity index is 1.56. The molecule has 1 aliphatic rings. The first kappa shape index (κ1) is 14.5. The van der Waals surface area contributed by atoms with Gasteiger partial charge >= 0.3 is 0 Å². The van der Waals surface area contributed by atoms with E-state index in [4.69, 9.17) is 5.26 Å². The van der Waals surface area contributed by atoms with Gasteiger partial charge in [-0.1, -0.05) is 6.58 Å². The zero-order valence-electron chi connectivity index (χ0n) is 12.6. The fourth-order valence-electron chi connectivity index (χ4n) is 2.83. The topological polar surface area (TPSA) is 75.7 Å². The fourth-order valence-corrected chi connectivity index (χ4v) is 2.83. The Kier molecular flexibility index (Phi) is 4.31. The van der Waals surface area contributed by atoms with Crippen LogP contribution in [0, 0.1) is 11.3 Å². The van der Waals surface area contributed by atoms with Gasteiger partial charge in [-0.05, 0) is 43.7 Å². The number of H-pyrrole nitrogens is 1. The van der Waals surface area contributed by atoms with E-state index in [9.17, 15) is 0 Å². The monoisotopic (exact) mass is 295 g/mol. The van der Waals surface area contributed by atoms with Gasteiger partial charge in [0, 0.05) is 29.2 Å². The Morgan fingerprint density at radius 2 is 2.32 bits per heavy atom. The van der Waals surface area contributed by atoms with Gasteiger partial charge in [-0.3, -0.25) is 0 Å². The molecular formula is C17H21N5. The van der Waals surface area contributed by atoms with Crippen molar-refractivity contribution >= 4 is 10.9 Å². The Labute approximate surface area is 130 Å². The van der Waals surface area contributed by atoms with Gasteiger partial charge in [0.25, 0.3) is 0 Å². The zero-order chi connectivity index (χ0) is 15.4. The number of aromatic amines is 1. The summed E-state index contributed by atoms with van der Waals surface area (Å²) >= 11 is 0. The third-order valence-corrected chi connectivity index (χ3v) is 3.97. The van der Waals surface area contributed by atoms with E-state index in [1.807, 2.05) is 18.2 Å². The van der Waals surface area contributed by atoms with Crippen LogP contribution in [0.2, 0.25) is 0 Å². The number of nitrogens with zero attached hydrogens (tertiary/aromatic N) is 1. The van der Waals surface area contributed by atoms with E-state index < -0.39 is 0 Å². The maximum Gasteiger partial charge on any atom is 0.0991 e. The van der Waals surface area contributed by atoms with Crippen LogP contribution >= 0.6 is 0 Å². The predicted molar refractivity (Wildman–Crippen MR) is 88.0 cm³/mol. The summed E-state index contributed by atoms with van der Waals surface area (Å²) in [4.78, 5) is 3.35. The highest BCUT2D eigenvalue weighted by atomic mass is 15.1. The van der Waals surface area contributed by atoms with E-state index in [0.29, 0.717) is 18.2 Å². The number of piperidine rings is 1. The molecule has 5 heteroatoms. The van der Waals surface area contributed by atoms with E-state index in [1.54, 1.807) is 0 Å². The third-order valence-electron chi connectivity index (χ3n) is 3.97. The number of benzene rings is 1. The fraction of sp³-hybridized carbons (Fsp3) is 0.353. The maximum atomic E-state index is 8.94. The molecule has 1 aromatic heterocycles. The molecule has 1 fully saturated rings. The second-order valence-corrected chi connectivity index (χ2v) is 5.73. The van der Waals surface area contributed by atoms with Crippen molar-refractivity contribution in [1.29, 1.82) is 5.26 Å². The quantitative estimate of drug-likeness (QED) is 0.680. The molecule has 1 unspecified atom stereocenters. The summed E-state index contributed by atoms with van der Waals surface area (Å²) in [6.07, 6.45) is 2.38. The number of fused-ring (bicyclic) bond motifs is 1. The Morgan fingerprint density at radius 1 is 1.41 bits per heavy atom. The van der Waals surface area contributed by atoms with Crippen LogP contribution in [-0.4, -0.2) is 24.1 Å². The summed E-state index contributed by atoms with van der Waals surface area (Å²) in [5.41, 5.74) is 2.81. The summed E-state index contributed by atoms with van der Waals surface area (Å²) in [5, 5.41) is 20.1. The Bertz CT molecular complexity index is 703. The van der Waals surface area contributed by atoms with Crippen molar-refractivity contribution in [2.75, 3.05) is 13.1 Å². The third kappa shape index (κ3) is 3.41. The van der Waals surface area contributed by atoms with Gasteiger partial charge in [-0.15, -0.1) is 0 Å². The molecule has 5 nitrogen and oxygen atoms in total. The highest BCUT2D eigenvalue weighted by Gasteiger charge is 2.12. The molecule has 0 radical (unpaired) electrons. The molecule has 0 bridgehead atoms. The summed E-state index contributed by atoms with van der Waals surface area (Å²) in [7, 11) is 0. The van der Waals surface area contributed by atoms with Crippen molar-refractivity contribution in [3.8, 4) is 6.07 Å². The Morgan fingerprint density at radius 3 is 3.09 bits per heavy atom. The van der Waals surface area contributed by atoms with Crippen LogP contribution in [-0.2, 0) is 6.54 Å². The van der Waals surface area contributed by atoms with E-state index in [2.05, 4.69) is 39.6 Å². The zero-order valence-corrected chi connectivity index (χ0v) is 12.6. The van der Waals surface area contributed by atoms with Crippen molar-refractivity contribution in [1.82, 2.24) is 20.9 Å². The van der Waals surface area contributed by atoms with Crippen LogP contribution in [0.4, 0.5) is 0 Å². The number of nitrogens with one attached hydrogen (secondary N) is 4. The number of aromatic nitrogens is 1. The summed E-state index contributed by atoms with van der Waals surface area (Å²) in [5.74, 6) is 0.852. The van der Waals surface area contributed by atoms with Gasteiger partial charge in [-0.25, -0.2) is 0 Å². The number of nitriles is 1. The molecule has 4 N–H and O–H groups in total. The lowest BCUT2D eigenvalue weighted by atomic mass is 10.1. The van der Waals surface area contributed by atoms with Crippen molar-refractivity contribution in [2.24, 2.45) is 0 Å². The van der Waals surface area contributed by atoms with Gasteiger partial charge in [0.2, 0.25) is 0 Å². The highest BCUT2D eigenvalue weighted by Crippen LogP contribution is 2.17. The van der Waals surface area contributed by atoms with E-state index in [1.165, 1.54) is 12.8 Å². The van der Waals surface area contributed by atoms with Gasteiger partial charge in [0.1, 0.15) is 0 Å². The van der Waals surface area contributed by atoms with Gasteiger partial charge < -0.3 is 20.9 Å². The average molecular weight is 295 g/mol. The van der Waals surface area contributed by atoms with Crippen LogP contribution in [0.5, 0.6) is 0 Å². The highest BCUT2D eigenvalue weighted by molar-refractivity contribution is 5.81. The SMILES string of the molecule is C=C(NCc1cc2cc(C#N)ccc2[nH]1)NC1CCCNC1. The predicted octanol–water partition coefficient (Wildman–Crippen LogP) is 1.94. The minimum absolute atomic E-state index is 0.453. The molecule has 1 saturated heterocycles. The summed E-state index contributed by atoms with van der Waals surface area (Å²) in [6.45, 7) is 6.82. The lowest BCUT2D eigenvalue weighted by molar-refractivity contribution is 0.405. The molecule has 0 saturated carbocycles. The van der Waals surface area contributed by atoms with Gasteiger partial charge in [0.05, 0.1) is 24.0 Å². The molecule has 3 rings (SSSR count). The molecule has 1 aromatic carbocycles. The number of hydrogen-bond donors (Lipinski definition) is 4. The lowest BCUT2D eigenvalue weighted by Crippen LogP contribution is -2.44. The second kappa shape index (κ2) is 6.54. The van der Waals surface area contributed by atoms with E-state index in [0.717, 1.165) is 35.5 Å². The number of hydrogen-bond acceptors (Lipinski definition) is 4. The van der Waals surface area contributed by atoms with Crippen molar-refractivity contribution in [2.45, 2.75) is 25.4 Å². The van der Waals surface area contributed by atoms with E-state index >= 15 is 0 Å². The molecule has 0 amide bonds. The number of rotatable bonds is 5. The van der Waals surface area contributed by atoms with Crippen LogP contribution in [0.1, 0.15) is 24.1 Å². The standard InChI is InChI=1S/C17H21N5/c1-12(21-15-3-2-6-19-10-15)20-11-16-8-14-7-13(9-18)4-5-17(14)22-16/h4-5,7-8,15,19-22H,1-3,6,10-11H2. The normalized spacial score (nSPS) is 17.9. The minimum Gasteiger partial charge on any atom is -0.368 e. The molecule has 2 heterocycles. The molecule has 1 atom stereocenters. The largest absolute Gasteiger partial charge is 0.368 e. The molecule has 22 heavy (non-hydrogen) atoms. The summed E-state index contributed by atoms with van der Waals surface area (Å²) in [6, 6.07) is 10.4. The van der Waals surface area contributed by atoms with Crippen LogP contribution < -0.4 is 16.0 Å². The Hall–Kier alpha value is -2.45. The first-order valence-electron chi connectivity index (χ1n) is 7.66. The van der Waals surface area contributed by atoms with Crippen molar-refractivity contribution < 1.29 is 0 Å². The molecule has 2 aromatic rings. The van der Waals surface area contributed by atoms with Gasteiger partial charge in [0.15, 0.2) is 0 Å². The second-order valence-electron chi connectivity index (χ2n) is 5.73. The maximum absolute atomic E-state index is 8.94. The molecule has 0 aliphatic carbocycles. The molecule has 114 valence electrons. The lowest BCUT2D eigenvalue weighted by Gasteiger charge is -2.26. The summed E-state index contributed by atoms with van der Waals surface area (Å²) < 4.78 is 0. The smallest absolute Gasteiger partial charge is 0.0991 e. The van der Waals surface area contributed by atoms with E-state index in [-0.39, 0.29) is 0 Å². The molecule has 0 spiro atoms. The van der Waals surface area contributed by atoms with Crippen LogP contribution in [0.25, 0.3) is 10.9 Å². The van der Waals surface area contributed by atoms with Crippen molar-refractivity contribution in [3.63, 3.8) is 0 Å². The van der Waals surface area contributed by atoms with Crippen LogP contribution in [0.3, 0.4) is 0 Å². The average Bonchev–Trinajstić information content (AvgIpc) is 2.95. The molecular weight excluding hydrogens is 274 g/mol.